The zero-order valence-corrected chi connectivity index (χ0v) is 11.6. The minimum Gasteiger partial charge on any atom is -0.351 e. The molecule has 2 aromatic rings. The van der Waals surface area contributed by atoms with E-state index in [4.69, 9.17) is 0 Å². The molecular weight excluding hydrogens is 334 g/mol. The van der Waals surface area contributed by atoms with Crippen LogP contribution in [0.3, 0.4) is 0 Å². The summed E-state index contributed by atoms with van der Waals surface area (Å²) in [4.78, 5) is 15.0. The summed E-state index contributed by atoms with van der Waals surface area (Å²) in [6, 6.07) is 4.07. The van der Waals surface area contributed by atoms with Gasteiger partial charge in [0.25, 0.3) is 0 Å². The quantitative estimate of drug-likeness (QED) is 0.764. The van der Waals surface area contributed by atoms with Gasteiger partial charge in [-0.15, -0.1) is 0 Å². The third-order valence-electron chi connectivity index (χ3n) is 3.04. The molecular formula is C12H9Br2NO. The number of benzene rings is 1. The van der Waals surface area contributed by atoms with Crippen molar-refractivity contribution in [2.45, 2.75) is 19.3 Å². The number of ketones is 1. The predicted molar refractivity (Wildman–Crippen MR) is 71.0 cm³/mol. The number of halogens is 2. The van der Waals surface area contributed by atoms with Gasteiger partial charge in [0.1, 0.15) is 0 Å². The molecule has 0 fully saturated rings. The molecule has 1 aromatic heterocycles. The van der Waals surface area contributed by atoms with Crippen molar-refractivity contribution >= 4 is 48.5 Å². The number of hydrogen-bond acceptors (Lipinski definition) is 1. The van der Waals surface area contributed by atoms with Gasteiger partial charge in [0, 0.05) is 20.8 Å². The Kier molecular flexibility index (Phi) is 2.44. The van der Waals surface area contributed by atoms with E-state index in [-0.39, 0.29) is 5.78 Å². The third-order valence-corrected chi connectivity index (χ3v) is 4.12. The van der Waals surface area contributed by atoms with Crippen LogP contribution < -0.4 is 0 Å². The Bertz CT molecular complexity index is 601. The number of fused-ring (bicyclic) bond motifs is 3. The van der Waals surface area contributed by atoms with Gasteiger partial charge in [0.05, 0.1) is 11.2 Å². The average Bonchev–Trinajstić information content (AvgIpc) is 2.59. The third kappa shape index (κ3) is 1.47. The molecule has 1 aliphatic rings. The van der Waals surface area contributed by atoms with Crippen molar-refractivity contribution in [2.75, 3.05) is 0 Å². The first-order valence-corrected chi connectivity index (χ1v) is 6.78. The minimum absolute atomic E-state index is 0.237. The molecule has 16 heavy (non-hydrogen) atoms. The highest BCUT2D eigenvalue weighted by Gasteiger charge is 2.22. The first-order valence-electron chi connectivity index (χ1n) is 5.19. The lowest BCUT2D eigenvalue weighted by Gasteiger charge is -2.09. The molecule has 1 aromatic carbocycles. The standard InChI is InChI=1S/C12H9Br2NO/c13-6-4-8-7-2-1-3-10(16)12(7)15-11(8)9(14)5-6/h4-5,15H,1-3H2. The maximum absolute atomic E-state index is 11.8. The predicted octanol–water partition coefficient (Wildman–Crippen LogP) is 4.21. The van der Waals surface area contributed by atoms with E-state index in [9.17, 15) is 4.79 Å². The summed E-state index contributed by atoms with van der Waals surface area (Å²) in [7, 11) is 0. The first-order chi connectivity index (χ1) is 7.66. The highest BCUT2D eigenvalue weighted by Crippen LogP contribution is 2.35. The molecule has 3 rings (SSSR count). The minimum atomic E-state index is 0.237. The molecule has 0 bridgehead atoms. The Balaban J connectivity index is 2.40. The van der Waals surface area contributed by atoms with Crippen LogP contribution in [0.4, 0.5) is 0 Å². The Hall–Kier alpha value is -0.610. The largest absolute Gasteiger partial charge is 0.351 e. The van der Waals surface area contributed by atoms with Gasteiger partial charge in [0.2, 0.25) is 0 Å². The molecule has 4 heteroatoms. The van der Waals surface area contributed by atoms with Gasteiger partial charge in [-0.3, -0.25) is 4.79 Å². The van der Waals surface area contributed by atoms with Crippen LogP contribution in [0.1, 0.15) is 28.9 Å². The van der Waals surface area contributed by atoms with E-state index >= 15 is 0 Å². The molecule has 0 unspecified atom stereocenters. The van der Waals surface area contributed by atoms with Crippen LogP contribution in [-0.2, 0) is 6.42 Å². The van der Waals surface area contributed by atoms with E-state index in [1.165, 1.54) is 5.56 Å². The molecule has 2 nitrogen and oxygen atoms in total. The molecule has 0 atom stereocenters. The number of hydrogen-bond donors (Lipinski definition) is 1. The fourth-order valence-corrected chi connectivity index (χ4v) is 3.65. The monoisotopic (exact) mass is 341 g/mol. The lowest BCUT2D eigenvalue weighted by molar-refractivity contribution is 0.0968. The summed E-state index contributed by atoms with van der Waals surface area (Å²) in [5.74, 6) is 0.237. The Labute approximate surface area is 110 Å². The van der Waals surface area contributed by atoms with Gasteiger partial charge in [0.15, 0.2) is 5.78 Å². The molecule has 1 heterocycles. The van der Waals surface area contributed by atoms with Crippen LogP contribution in [0.5, 0.6) is 0 Å². The van der Waals surface area contributed by atoms with Crippen LogP contribution in [0.2, 0.25) is 0 Å². The van der Waals surface area contributed by atoms with Crippen molar-refractivity contribution < 1.29 is 4.79 Å². The fraction of sp³-hybridized carbons (Fsp3) is 0.250. The van der Waals surface area contributed by atoms with Crippen LogP contribution in [0.25, 0.3) is 10.9 Å². The van der Waals surface area contributed by atoms with Gasteiger partial charge >= 0.3 is 0 Å². The first kappa shape index (κ1) is 10.5. The maximum Gasteiger partial charge on any atom is 0.179 e. The number of rotatable bonds is 0. The van der Waals surface area contributed by atoms with Gasteiger partial charge in [-0.25, -0.2) is 0 Å². The second kappa shape index (κ2) is 3.70. The van der Waals surface area contributed by atoms with Crippen molar-refractivity contribution in [1.29, 1.82) is 0 Å². The zero-order valence-electron chi connectivity index (χ0n) is 8.44. The fourth-order valence-electron chi connectivity index (χ4n) is 2.32. The number of Topliss-reactive ketones (excluding diaryl/α,β-unsaturated/α-hetero) is 1. The Morgan fingerprint density at radius 3 is 2.81 bits per heavy atom. The van der Waals surface area contributed by atoms with Gasteiger partial charge in [-0.1, -0.05) is 15.9 Å². The Morgan fingerprint density at radius 1 is 1.19 bits per heavy atom. The van der Waals surface area contributed by atoms with Crippen molar-refractivity contribution in [3.63, 3.8) is 0 Å². The van der Waals surface area contributed by atoms with E-state index in [1.54, 1.807) is 0 Å². The lowest BCUT2D eigenvalue weighted by Crippen LogP contribution is -2.09. The number of nitrogens with one attached hydrogen (secondary N) is 1. The van der Waals surface area contributed by atoms with Gasteiger partial charge in [-0.2, -0.15) is 0 Å². The second-order valence-electron chi connectivity index (χ2n) is 4.07. The average molecular weight is 343 g/mol. The molecule has 0 spiro atoms. The lowest BCUT2D eigenvalue weighted by atomic mass is 9.95. The van der Waals surface area contributed by atoms with E-state index in [1.807, 2.05) is 6.07 Å². The summed E-state index contributed by atoms with van der Waals surface area (Å²) in [5, 5.41) is 1.16. The summed E-state index contributed by atoms with van der Waals surface area (Å²) in [5.41, 5.74) is 3.01. The molecule has 1 N–H and O–H groups in total. The summed E-state index contributed by atoms with van der Waals surface area (Å²) >= 11 is 7.00. The van der Waals surface area contributed by atoms with Crippen molar-refractivity contribution in [2.24, 2.45) is 0 Å². The summed E-state index contributed by atoms with van der Waals surface area (Å²) < 4.78 is 2.03. The summed E-state index contributed by atoms with van der Waals surface area (Å²) in [6.45, 7) is 0. The van der Waals surface area contributed by atoms with Gasteiger partial charge in [-0.05, 0) is 46.5 Å². The Morgan fingerprint density at radius 2 is 2.00 bits per heavy atom. The van der Waals surface area contributed by atoms with Crippen molar-refractivity contribution in [1.82, 2.24) is 4.98 Å². The van der Waals surface area contributed by atoms with Crippen molar-refractivity contribution in [3.05, 3.63) is 32.3 Å². The maximum atomic E-state index is 11.8. The van der Waals surface area contributed by atoms with Crippen LogP contribution in [-0.4, -0.2) is 10.8 Å². The highest BCUT2D eigenvalue weighted by molar-refractivity contribution is 9.11. The van der Waals surface area contributed by atoms with E-state index < -0.39 is 0 Å². The number of aromatic amines is 1. The molecule has 0 radical (unpaired) electrons. The van der Waals surface area contributed by atoms with Gasteiger partial charge < -0.3 is 4.98 Å². The molecule has 0 saturated heterocycles. The van der Waals surface area contributed by atoms with Crippen LogP contribution in [0, 0.1) is 0 Å². The van der Waals surface area contributed by atoms with E-state index in [2.05, 4.69) is 42.9 Å². The number of aromatic nitrogens is 1. The molecule has 1 aliphatic carbocycles. The van der Waals surface area contributed by atoms with Crippen molar-refractivity contribution in [3.8, 4) is 0 Å². The van der Waals surface area contributed by atoms with Crippen LogP contribution >= 0.6 is 31.9 Å². The SMILES string of the molecule is O=C1CCCc2c1[nH]c1c(Br)cc(Br)cc21. The number of aryl methyl sites for hydroxylation is 1. The highest BCUT2D eigenvalue weighted by atomic mass is 79.9. The smallest absolute Gasteiger partial charge is 0.179 e. The number of carbonyl (C=O) groups excluding carboxylic acids is 1. The normalized spacial score (nSPS) is 15.5. The molecule has 0 amide bonds. The topological polar surface area (TPSA) is 32.9 Å². The summed E-state index contributed by atoms with van der Waals surface area (Å²) in [6.07, 6.45) is 2.62. The number of carbonyl (C=O) groups is 1. The molecule has 0 saturated carbocycles. The van der Waals surface area contributed by atoms with E-state index in [0.29, 0.717) is 6.42 Å². The zero-order chi connectivity index (χ0) is 11.3. The molecule has 82 valence electrons. The van der Waals surface area contributed by atoms with Crippen LogP contribution in [0.15, 0.2) is 21.1 Å². The number of H-pyrrole nitrogens is 1. The second-order valence-corrected chi connectivity index (χ2v) is 5.84. The molecule has 0 aliphatic heterocycles. The van der Waals surface area contributed by atoms with E-state index in [0.717, 1.165) is 38.4 Å².